The predicted octanol–water partition coefficient (Wildman–Crippen LogP) is 3.31. The highest BCUT2D eigenvalue weighted by Gasteiger charge is 2.15. The minimum Gasteiger partial charge on any atom is -0.481 e. The van der Waals surface area contributed by atoms with Gasteiger partial charge in [0.2, 0.25) is 0 Å². The van der Waals surface area contributed by atoms with Gasteiger partial charge in [0.25, 0.3) is 5.91 Å². The number of rotatable bonds is 4. The molecule has 1 heterocycles. The fourth-order valence-corrected chi connectivity index (χ4v) is 3.32. The van der Waals surface area contributed by atoms with E-state index in [0.717, 1.165) is 27.1 Å². The molecule has 0 aliphatic carbocycles. The van der Waals surface area contributed by atoms with Crippen molar-refractivity contribution < 1.29 is 9.53 Å². The maximum absolute atomic E-state index is 12.3. The molecule has 0 fully saturated rings. The molecule has 1 aromatic heterocycles. The molecule has 1 atom stereocenters. The largest absolute Gasteiger partial charge is 0.481 e. The van der Waals surface area contributed by atoms with E-state index in [4.69, 9.17) is 4.74 Å². The van der Waals surface area contributed by atoms with E-state index in [0.29, 0.717) is 11.4 Å². The third-order valence-corrected chi connectivity index (χ3v) is 4.73. The van der Waals surface area contributed by atoms with Gasteiger partial charge >= 0.3 is 4.87 Å². The van der Waals surface area contributed by atoms with Crippen LogP contribution >= 0.6 is 11.3 Å². The van der Waals surface area contributed by atoms with Crippen molar-refractivity contribution in [2.24, 2.45) is 7.05 Å². The molecule has 3 aromatic rings. The van der Waals surface area contributed by atoms with Gasteiger partial charge in [-0.15, -0.1) is 0 Å². The molecule has 1 amide bonds. The van der Waals surface area contributed by atoms with Crippen LogP contribution in [0, 0.1) is 6.92 Å². The van der Waals surface area contributed by atoms with Gasteiger partial charge in [0.05, 0.1) is 10.2 Å². The molecule has 0 aliphatic heterocycles. The molecule has 124 valence electrons. The van der Waals surface area contributed by atoms with Crippen LogP contribution in [0.2, 0.25) is 0 Å². The Morgan fingerprint density at radius 3 is 2.79 bits per heavy atom. The lowest BCUT2D eigenvalue weighted by Crippen LogP contribution is -2.30. The summed E-state index contributed by atoms with van der Waals surface area (Å²) >= 11 is 1.16. The molecule has 0 spiro atoms. The lowest BCUT2D eigenvalue weighted by molar-refractivity contribution is -0.122. The molecule has 2 aromatic carbocycles. The maximum atomic E-state index is 12.3. The fraction of sp³-hybridized carbons (Fsp3) is 0.222. The van der Waals surface area contributed by atoms with Crippen LogP contribution in [0.4, 0.5) is 5.69 Å². The normalized spacial score (nSPS) is 12.1. The van der Waals surface area contributed by atoms with E-state index in [-0.39, 0.29) is 10.8 Å². The van der Waals surface area contributed by atoms with Gasteiger partial charge in [0, 0.05) is 12.7 Å². The third-order valence-electron chi connectivity index (χ3n) is 3.73. The Labute approximate surface area is 143 Å². The van der Waals surface area contributed by atoms with E-state index in [1.807, 2.05) is 37.3 Å². The number of fused-ring (bicyclic) bond motifs is 1. The molecular formula is C18H18N2O3S. The van der Waals surface area contributed by atoms with Gasteiger partial charge in [-0.3, -0.25) is 9.59 Å². The minimum atomic E-state index is -0.628. The van der Waals surface area contributed by atoms with Crippen molar-refractivity contribution in [3.63, 3.8) is 0 Å². The minimum absolute atomic E-state index is 0.0235. The van der Waals surface area contributed by atoms with Crippen LogP contribution < -0.4 is 14.9 Å². The molecular weight excluding hydrogens is 324 g/mol. The highest BCUT2D eigenvalue weighted by molar-refractivity contribution is 7.16. The maximum Gasteiger partial charge on any atom is 0.307 e. The van der Waals surface area contributed by atoms with Gasteiger partial charge in [-0.25, -0.2) is 0 Å². The van der Waals surface area contributed by atoms with Crippen molar-refractivity contribution in [1.82, 2.24) is 4.57 Å². The van der Waals surface area contributed by atoms with Crippen LogP contribution in [-0.4, -0.2) is 16.6 Å². The summed E-state index contributed by atoms with van der Waals surface area (Å²) in [6.07, 6.45) is -0.628. The van der Waals surface area contributed by atoms with Crippen molar-refractivity contribution in [3.8, 4) is 5.75 Å². The highest BCUT2D eigenvalue weighted by Crippen LogP contribution is 2.21. The summed E-state index contributed by atoms with van der Waals surface area (Å²) in [5.74, 6) is 0.425. The van der Waals surface area contributed by atoms with Crippen molar-refractivity contribution in [2.75, 3.05) is 5.32 Å². The predicted molar refractivity (Wildman–Crippen MR) is 97.0 cm³/mol. The van der Waals surface area contributed by atoms with Crippen molar-refractivity contribution >= 4 is 33.1 Å². The number of nitrogens with zero attached hydrogens (tertiary/aromatic N) is 1. The van der Waals surface area contributed by atoms with E-state index in [1.54, 1.807) is 30.7 Å². The topological polar surface area (TPSA) is 60.3 Å². The van der Waals surface area contributed by atoms with Gasteiger partial charge in [-0.1, -0.05) is 23.5 Å². The van der Waals surface area contributed by atoms with E-state index < -0.39 is 6.10 Å². The highest BCUT2D eigenvalue weighted by atomic mass is 32.1. The molecule has 0 aliphatic rings. The molecule has 6 heteroatoms. The number of aromatic nitrogens is 1. The fourth-order valence-electron chi connectivity index (χ4n) is 2.40. The molecule has 1 N–H and O–H groups in total. The van der Waals surface area contributed by atoms with E-state index in [1.165, 1.54) is 0 Å². The number of nitrogens with one attached hydrogen (secondary N) is 1. The zero-order valence-corrected chi connectivity index (χ0v) is 14.5. The second-order valence-electron chi connectivity index (χ2n) is 5.68. The van der Waals surface area contributed by atoms with E-state index in [9.17, 15) is 9.59 Å². The first kappa shape index (κ1) is 16.3. The van der Waals surface area contributed by atoms with Gasteiger partial charge in [-0.05, 0) is 49.7 Å². The number of carbonyl (C=O) groups excluding carboxylic acids is 1. The summed E-state index contributed by atoms with van der Waals surface area (Å²) < 4.78 is 8.11. The third kappa shape index (κ3) is 3.33. The standard InChI is InChI=1S/C18H18N2O3S/c1-11-5-4-6-14(9-11)23-12(2)17(21)19-13-7-8-15-16(10-13)24-18(22)20(15)3/h4-10,12H,1-3H3,(H,19,21). The average Bonchev–Trinajstić information content (AvgIpc) is 2.81. The van der Waals surface area contributed by atoms with Gasteiger partial charge in [-0.2, -0.15) is 0 Å². The van der Waals surface area contributed by atoms with Gasteiger partial charge < -0.3 is 14.6 Å². The Morgan fingerprint density at radius 2 is 2.04 bits per heavy atom. The first-order valence-electron chi connectivity index (χ1n) is 7.58. The second kappa shape index (κ2) is 6.49. The Morgan fingerprint density at radius 1 is 1.25 bits per heavy atom. The van der Waals surface area contributed by atoms with Crippen LogP contribution in [0.3, 0.4) is 0 Å². The van der Waals surface area contributed by atoms with Gasteiger partial charge in [0.15, 0.2) is 6.10 Å². The summed E-state index contributed by atoms with van der Waals surface area (Å²) in [4.78, 5) is 24.0. The Bertz CT molecular complexity index is 958. The molecule has 0 saturated heterocycles. The molecule has 1 unspecified atom stereocenters. The number of anilines is 1. The number of amides is 1. The van der Waals surface area contributed by atoms with Crippen LogP contribution in [0.5, 0.6) is 5.75 Å². The number of benzene rings is 2. The number of hydrogen-bond acceptors (Lipinski definition) is 4. The Balaban J connectivity index is 1.73. The van der Waals surface area contributed by atoms with Gasteiger partial charge in [0.1, 0.15) is 5.75 Å². The lowest BCUT2D eigenvalue weighted by Gasteiger charge is -2.15. The smallest absolute Gasteiger partial charge is 0.307 e. The molecule has 24 heavy (non-hydrogen) atoms. The number of aryl methyl sites for hydroxylation is 2. The Kier molecular flexibility index (Phi) is 4.40. The van der Waals surface area contributed by atoms with Crippen LogP contribution in [0.25, 0.3) is 10.2 Å². The summed E-state index contributed by atoms with van der Waals surface area (Å²) in [6.45, 7) is 3.68. The number of carbonyl (C=O) groups is 1. The summed E-state index contributed by atoms with van der Waals surface area (Å²) in [7, 11) is 1.73. The average molecular weight is 342 g/mol. The molecule has 0 saturated carbocycles. The van der Waals surface area contributed by atoms with Crippen molar-refractivity contribution in [2.45, 2.75) is 20.0 Å². The summed E-state index contributed by atoms with van der Waals surface area (Å²) in [5.41, 5.74) is 2.57. The van der Waals surface area contributed by atoms with Crippen molar-refractivity contribution in [1.29, 1.82) is 0 Å². The number of ether oxygens (including phenoxy) is 1. The Hall–Kier alpha value is -2.60. The molecule has 3 rings (SSSR count). The van der Waals surface area contributed by atoms with Crippen LogP contribution in [0.1, 0.15) is 12.5 Å². The lowest BCUT2D eigenvalue weighted by atomic mass is 10.2. The van der Waals surface area contributed by atoms with Crippen LogP contribution in [-0.2, 0) is 11.8 Å². The van der Waals surface area contributed by atoms with E-state index >= 15 is 0 Å². The molecule has 5 nitrogen and oxygen atoms in total. The first-order chi connectivity index (χ1) is 11.4. The second-order valence-corrected chi connectivity index (χ2v) is 6.67. The monoisotopic (exact) mass is 342 g/mol. The SMILES string of the molecule is Cc1cccc(OC(C)C(=O)Nc2ccc3c(c2)sc(=O)n3C)c1. The number of hydrogen-bond donors (Lipinski definition) is 1. The quantitative estimate of drug-likeness (QED) is 0.791. The first-order valence-corrected chi connectivity index (χ1v) is 8.39. The molecule has 0 radical (unpaired) electrons. The van der Waals surface area contributed by atoms with Crippen molar-refractivity contribution in [3.05, 3.63) is 57.7 Å². The summed E-state index contributed by atoms with van der Waals surface area (Å²) in [6, 6.07) is 13.0. The zero-order valence-electron chi connectivity index (χ0n) is 13.7. The van der Waals surface area contributed by atoms with Crippen LogP contribution in [0.15, 0.2) is 47.3 Å². The number of thiazole rings is 1. The zero-order chi connectivity index (χ0) is 17.3. The molecule has 0 bridgehead atoms. The summed E-state index contributed by atoms with van der Waals surface area (Å²) in [5, 5.41) is 2.83. The van der Waals surface area contributed by atoms with E-state index in [2.05, 4.69) is 5.32 Å².